The number of nitrogens with zero attached hydrogens (tertiary/aromatic N) is 3. The third-order valence-electron chi connectivity index (χ3n) is 3.84. The molecule has 0 aliphatic carbocycles. The van der Waals surface area contributed by atoms with Gasteiger partial charge in [0.25, 0.3) is 5.91 Å². The molecule has 1 fully saturated rings. The molecule has 0 N–H and O–H groups in total. The van der Waals surface area contributed by atoms with Crippen LogP contribution in [0.4, 0.5) is 0 Å². The first-order valence-corrected chi connectivity index (χ1v) is 7.49. The molecule has 0 bridgehead atoms. The van der Waals surface area contributed by atoms with E-state index in [1.54, 1.807) is 22.6 Å². The van der Waals surface area contributed by atoms with E-state index in [4.69, 9.17) is 27.7 Å². The highest BCUT2D eigenvalue weighted by Gasteiger charge is 2.34. The van der Waals surface area contributed by atoms with E-state index in [9.17, 15) is 4.79 Å². The predicted molar refractivity (Wildman–Crippen MR) is 79.7 cm³/mol. The Morgan fingerprint density at radius 3 is 2.76 bits per heavy atom. The van der Waals surface area contributed by atoms with Gasteiger partial charge in [0.15, 0.2) is 0 Å². The molecule has 0 spiro atoms. The van der Waals surface area contributed by atoms with Crippen LogP contribution in [0.3, 0.4) is 0 Å². The molecular formula is C14H15Cl2N3O2. The number of hydrogen-bond acceptors (Lipinski definition) is 3. The summed E-state index contributed by atoms with van der Waals surface area (Å²) in [6.07, 6.45) is 1.82. The smallest absolute Gasteiger partial charge is 0.271 e. The van der Waals surface area contributed by atoms with Crippen molar-refractivity contribution in [3.63, 3.8) is 0 Å². The van der Waals surface area contributed by atoms with E-state index >= 15 is 0 Å². The Bertz CT molecular complexity index is 692. The van der Waals surface area contributed by atoms with Gasteiger partial charge in [-0.05, 0) is 25.8 Å². The Hall–Kier alpha value is -1.46. The van der Waals surface area contributed by atoms with Gasteiger partial charge in [-0.3, -0.25) is 4.79 Å². The second kappa shape index (κ2) is 5.39. The fraction of sp³-hybridized carbons (Fsp3) is 0.429. The molecule has 2 aromatic heterocycles. The summed E-state index contributed by atoms with van der Waals surface area (Å²) in [5.74, 6) is 0.656. The number of hydrogen-bond donors (Lipinski definition) is 0. The summed E-state index contributed by atoms with van der Waals surface area (Å²) in [5.41, 5.74) is 1.28. The average Bonchev–Trinajstić information content (AvgIpc) is 3.14. The monoisotopic (exact) mass is 327 g/mol. The summed E-state index contributed by atoms with van der Waals surface area (Å²) < 4.78 is 6.73. The van der Waals surface area contributed by atoms with Gasteiger partial charge in [0.2, 0.25) is 0 Å². The molecule has 0 saturated carbocycles. The van der Waals surface area contributed by atoms with Crippen molar-refractivity contribution in [2.24, 2.45) is 7.05 Å². The molecule has 3 heterocycles. The van der Waals surface area contributed by atoms with Gasteiger partial charge >= 0.3 is 0 Å². The third kappa shape index (κ3) is 2.45. The number of likely N-dealkylation sites (tertiary alicyclic amines) is 1. The fourth-order valence-electron chi connectivity index (χ4n) is 2.75. The quantitative estimate of drug-likeness (QED) is 0.846. The summed E-state index contributed by atoms with van der Waals surface area (Å²) >= 11 is 12.0. The average molecular weight is 328 g/mol. The van der Waals surface area contributed by atoms with Gasteiger partial charge in [0, 0.05) is 19.7 Å². The van der Waals surface area contributed by atoms with Crippen molar-refractivity contribution in [2.45, 2.75) is 25.8 Å². The minimum absolute atomic E-state index is 0.0533. The summed E-state index contributed by atoms with van der Waals surface area (Å²) in [4.78, 5) is 14.6. The SMILES string of the molecule is Cc1cc([C@H]2CCCN2C(=O)c2cc(Cl)c(Cl)n2C)no1. The van der Waals surface area contributed by atoms with Crippen molar-refractivity contribution in [3.05, 3.63) is 39.5 Å². The number of rotatable bonds is 2. The highest BCUT2D eigenvalue weighted by molar-refractivity contribution is 6.41. The maximum absolute atomic E-state index is 12.8. The van der Waals surface area contributed by atoms with Crippen LogP contribution in [-0.4, -0.2) is 27.1 Å². The lowest BCUT2D eigenvalue weighted by Crippen LogP contribution is -2.32. The normalized spacial score (nSPS) is 18.5. The minimum atomic E-state index is -0.0885. The molecule has 112 valence electrons. The van der Waals surface area contributed by atoms with Crippen molar-refractivity contribution in [2.75, 3.05) is 6.54 Å². The first-order valence-electron chi connectivity index (χ1n) is 6.74. The summed E-state index contributed by atoms with van der Waals surface area (Å²) in [7, 11) is 1.73. The van der Waals surface area contributed by atoms with Crippen molar-refractivity contribution in [1.29, 1.82) is 0 Å². The van der Waals surface area contributed by atoms with Crippen LogP contribution < -0.4 is 0 Å². The van der Waals surface area contributed by atoms with E-state index < -0.39 is 0 Å². The zero-order chi connectivity index (χ0) is 15.1. The van der Waals surface area contributed by atoms with Crippen molar-refractivity contribution >= 4 is 29.1 Å². The molecule has 3 rings (SSSR count). The lowest BCUT2D eigenvalue weighted by Gasteiger charge is -2.23. The second-order valence-electron chi connectivity index (χ2n) is 5.25. The molecule has 5 nitrogen and oxygen atoms in total. The lowest BCUT2D eigenvalue weighted by atomic mass is 10.1. The maximum atomic E-state index is 12.8. The molecule has 1 atom stereocenters. The van der Waals surface area contributed by atoms with Gasteiger partial charge in [-0.2, -0.15) is 0 Å². The van der Waals surface area contributed by atoms with Gasteiger partial charge < -0.3 is 14.0 Å². The topological polar surface area (TPSA) is 51.3 Å². The predicted octanol–water partition coefficient (Wildman–Crippen LogP) is 3.61. The van der Waals surface area contributed by atoms with Crippen LogP contribution in [0, 0.1) is 6.92 Å². The molecule has 0 radical (unpaired) electrons. The number of aromatic nitrogens is 2. The van der Waals surface area contributed by atoms with Crippen molar-refractivity contribution in [1.82, 2.24) is 14.6 Å². The lowest BCUT2D eigenvalue weighted by molar-refractivity contribution is 0.0721. The number of amides is 1. The second-order valence-corrected chi connectivity index (χ2v) is 6.01. The highest BCUT2D eigenvalue weighted by atomic mass is 35.5. The number of aryl methyl sites for hydroxylation is 1. The minimum Gasteiger partial charge on any atom is -0.361 e. The maximum Gasteiger partial charge on any atom is 0.271 e. The van der Waals surface area contributed by atoms with E-state index in [1.165, 1.54) is 0 Å². The van der Waals surface area contributed by atoms with Crippen LogP contribution in [0.1, 0.15) is 40.8 Å². The first kappa shape index (κ1) is 14.5. The highest BCUT2D eigenvalue weighted by Crippen LogP contribution is 2.34. The molecule has 1 aliphatic rings. The summed E-state index contributed by atoms with van der Waals surface area (Å²) in [6.45, 7) is 2.53. The summed E-state index contributed by atoms with van der Waals surface area (Å²) in [5, 5.41) is 4.79. The van der Waals surface area contributed by atoms with Crippen LogP contribution in [0.15, 0.2) is 16.7 Å². The van der Waals surface area contributed by atoms with Gasteiger partial charge in [0.1, 0.15) is 22.3 Å². The Morgan fingerprint density at radius 2 is 2.19 bits per heavy atom. The Morgan fingerprint density at radius 1 is 1.43 bits per heavy atom. The molecule has 0 unspecified atom stereocenters. The Kier molecular flexibility index (Phi) is 3.71. The van der Waals surface area contributed by atoms with Gasteiger partial charge in [-0.25, -0.2) is 0 Å². The van der Waals surface area contributed by atoms with Crippen LogP contribution in [-0.2, 0) is 7.05 Å². The van der Waals surface area contributed by atoms with Gasteiger partial charge in [-0.15, -0.1) is 0 Å². The largest absolute Gasteiger partial charge is 0.361 e. The molecule has 0 aromatic carbocycles. The number of carbonyl (C=O) groups is 1. The zero-order valence-corrected chi connectivity index (χ0v) is 13.3. The standard InChI is InChI=1S/C14H15Cl2N3O2/c1-8-6-10(17-21-8)11-4-3-5-19(11)14(20)12-7-9(15)13(16)18(12)2/h6-7,11H,3-5H2,1-2H3/t11-/m1/s1. The van der Waals surface area contributed by atoms with Crippen molar-refractivity contribution in [3.8, 4) is 0 Å². The van der Waals surface area contributed by atoms with Crippen molar-refractivity contribution < 1.29 is 9.32 Å². The molecule has 1 saturated heterocycles. The summed E-state index contributed by atoms with van der Waals surface area (Å²) in [6, 6.07) is 3.43. The number of carbonyl (C=O) groups excluding carboxylic acids is 1. The fourth-order valence-corrected chi connectivity index (χ4v) is 3.13. The molecular weight excluding hydrogens is 313 g/mol. The third-order valence-corrected chi connectivity index (χ3v) is 4.68. The zero-order valence-electron chi connectivity index (χ0n) is 11.8. The van der Waals surface area contributed by atoms with Crippen LogP contribution in [0.2, 0.25) is 10.2 Å². The Labute approximate surface area is 132 Å². The number of halogens is 2. The van der Waals surface area contributed by atoms with Crippen LogP contribution >= 0.6 is 23.2 Å². The first-order chi connectivity index (χ1) is 9.99. The van der Waals surface area contributed by atoms with Crippen LogP contribution in [0.5, 0.6) is 0 Å². The molecule has 2 aromatic rings. The van der Waals surface area contributed by atoms with E-state index in [0.717, 1.165) is 24.3 Å². The van der Waals surface area contributed by atoms with Gasteiger partial charge in [-0.1, -0.05) is 28.4 Å². The molecule has 21 heavy (non-hydrogen) atoms. The van der Waals surface area contributed by atoms with Crippen LogP contribution in [0.25, 0.3) is 0 Å². The Balaban J connectivity index is 1.91. The van der Waals surface area contributed by atoms with E-state index in [2.05, 4.69) is 5.16 Å². The van der Waals surface area contributed by atoms with E-state index in [1.807, 2.05) is 13.0 Å². The molecule has 7 heteroatoms. The van der Waals surface area contributed by atoms with E-state index in [-0.39, 0.29) is 11.9 Å². The molecule has 1 aliphatic heterocycles. The molecule has 1 amide bonds. The van der Waals surface area contributed by atoms with E-state index in [0.29, 0.717) is 22.4 Å². The van der Waals surface area contributed by atoms with Gasteiger partial charge in [0.05, 0.1) is 11.1 Å².